The molecule has 0 aliphatic carbocycles. The second kappa shape index (κ2) is 6.50. The van der Waals surface area contributed by atoms with Crippen LogP contribution in [0.5, 0.6) is 0 Å². The van der Waals surface area contributed by atoms with Crippen molar-refractivity contribution < 1.29 is 4.74 Å². The molecule has 1 aromatic carbocycles. The number of hydrogen-bond donors (Lipinski definition) is 2. The molecule has 7 nitrogen and oxygen atoms in total. The number of morpholine rings is 1. The van der Waals surface area contributed by atoms with E-state index in [1.54, 1.807) is 0 Å². The third kappa shape index (κ3) is 3.01. The molecule has 7 heteroatoms. The first-order chi connectivity index (χ1) is 12.1. The van der Waals surface area contributed by atoms with Gasteiger partial charge in [0.1, 0.15) is 18.2 Å². The van der Waals surface area contributed by atoms with Crippen LogP contribution >= 0.6 is 0 Å². The zero-order chi connectivity index (χ0) is 17.4. The normalized spacial score (nSPS) is 26.4. The first kappa shape index (κ1) is 16.1. The van der Waals surface area contributed by atoms with Crippen LogP contribution in [0, 0.1) is 6.92 Å². The molecule has 0 spiro atoms. The van der Waals surface area contributed by atoms with Gasteiger partial charge in [-0.05, 0) is 24.1 Å². The van der Waals surface area contributed by atoms with Crippen molar-refractivity contribution in [1.29, 1.82) is 0 Å². The van der Waals surface area contributed by atoms with Crippen LogP contribution in [0.1, 0.15) is 17.0 Å². The maximum absolute atomic E-state index is 6.24. The molecule has 1 aromatic rings. The number of ether oxygens (including phenoxy) is 1. The van der Waals surface area contributed by atoms with Crippen molar-refractivity contribution in [2.45, 2.75) is 18.9 Å². The monoisotopic (exact) mass is 340 g/mol. The number of hydrogen-bond acceptors (Lipinski definition) is 7. The molecule has 3 heterocycles. The van der Waals surface area contributed by atoms with Gasteiger partial charge >= 0.3 is 0 Å². The van der Waals surface area contributed by atoms with Gasteiger partial charge in [0.25, 0.3) is 0 Å². The third-order valence-electron chi connectivity index (χ3n) is 5.12. The largest absolute Gasteiger partial charge is 0.399 e. The van der Waals surface area contributed by atoms with Gasteiger partial charge in [-0.25, -0.2) is 4.99 Å². The molecule has 3 aliphatic heterocycles. The van der Waals surface area contributed by atoms with E-state index in [1.807, 2.05) is 18.0 Å². The molecule has 0 radical (unpaired) electrons. The number of rotatable bonds is 3. The van der Waals surface area contributed by atoms with Gasteiger partial charge in [0.2, 0.25) is 0 Å². The first-order valence-electron chi connectivity index (χ1n) is 8.65. The highest BCUT2D eigenvalue weighted by molar-refractivity contribution is 5.94. The molecular weight excluding hydrogens is 316 g/mol. The van der Waals surface area contributed by atoms with Crippen LogP contribution in [-0.2, 0) is 4.74 Å². The van der Waals surface area contributed by atoms with E-state index in [4.69, 9.17) is 16.2 Å². The Labute approximate surface area is 147 Å². The Morgan fingerprint density at radius 3 is 2.80 bits per heavy atom. The van der Waals surface area contributed by atoms with Crippen LogP contribution in [-0.4, -0.2) is 61.0 Å². The lowest BCUT2D eigenvalue weighted by molar-refractivity contribution is 0.0393. The molecule has 4 N–H and O–H groups in total. The van der Waals surface area contributed by atoms with Gasteiger partial charge in [-0.2, -0.15) is 5.10 Å². The summed E-state index contributed by atoms with van der Waals surface area (Å²) in [5.41, 5.74) is 16.5. The predicted octanol–water partition coefficient (Wildman–Crippen LogP) is 0.875. The first-order valence-corrected chi connectivity index (χ1v) is 8.65. The zero-order valence-corrected chi connectivity index (χ0v) is 14.4. The van der Waals surface area contributed by atoms with Crippen LogP contribution < -0.4 is 11.5 Å². The maximum Gasteiger partial charge on any atom is 0.138 e. The van der Waals surface area contributed by atoms with Gasteiger partial charge in [-0.1, -0.05) is 18.2 Å². The smallest absolute Gasteiger partial charge is 0.138 e. The van der Waals surface area contributed by atoms with E-state index < -0.39 is 0 Å². The van der Waals surface area contributed by atoms with Gasteiger partial charge in [0, 0.05) is 36.9 Å². The van der Waals surface area contributed by atoms with Crippen molar-refractivity contribution in [3.8, 4) is 0 Å². The van der Waals surface area contributed by atoms with E-state index in [2.05, 4.69) is 33.2 Å². The number of nitrogen functional groups attached to an aromatic ring is 1. The van der Waals surface area contributed by atoms with Gasteiger partial charge < -0.3 is 16.2 Å². The average Bonchev–Trinajstić information content (AvgIpc) is 2.98. The summed E-state index contributed by atoms with van der Waals surface area (Å²) in [6.07, 6.45) is 3.81. The lowest BCUT2D eigenvalue weighted by Gasteiger charge is -2.32. The number of aryl methyl sites for hydroxylation is 1. The Kier molecular flexibility index (Phi) is 4.19. The summed E-state index contributed by atoms with van der Waals surface area (Å²) in [6, 6.07) is 6.11. The Hall–Kier alpha value is -2.38. The highest BCUT2D eigenvalue weighted by Gasteiger charge is 2.40. The number of hydrazone groups is 1. The van der Waals surface area contributed by atoms with Crippen LogP contribution in [0.15, 0.2) is 40.1 Å². The van der Waals surface area contributed by atoms with E-state index in [9.17, 15) is 0 Å². The Bertz CT molecular complexity index is 750. The van der Waals surface area contributed by atoms with E-state index in [0.29, 0.717) is 5.84 Å². The summed E-state index contributed by atoms with van der Waals surface area (Å²) < 4.78 is 5.45. The van der Waals surface area contributed by atoms with Crippen LogP contribution in [0.25, 0.3) is 0 Å². The number of nitrogens with two attached hydrogens (primary N) is 2. The number of amidine groups is 1. The topological polar surface area (TPSA) is 92.5 Å². The molecule has 1 fully saturated rings. The third-order valence-corrected chi connectivity index (χ3v) is 5.12. The molecule has 0 bridgehead atoms. The highest BCUT2D eigenvalue weighted by atomic mass is 16.5. The number of anilines is 1. The fraction of sp³-hybridized carbons (Fsp3) is 0.444. The summed E-state index contributed by atoms with van der Waals surface area (Å²) >= 11 is 0. The molecule has 0 aromatic heterocycles. The second-order valence-corrected chi connectivity index (χ2v) is 6.76. The van der Waals surface area contributed by atoms with Crippen LogP contribution in [0.4, 0.5) is 5.69 Å². The van der Waals surface area contributed by atoms with Gasteiger partial charge in [0.15, 0.2) is 0 Å². The maximum atomic E-state index is 6.24. The number of aliphatic imine (C=N–C) groups is 1. The molecule has 2 unspecified atom stereocenters. The van der Waals surface area contributed by atoms with Crippen molar-refractivity contribution >= 4 is 17.9 Å². The van der Waals surface area contributed by atoms with E-state index >= 15 is 0 Å². The predicted molar refractivity (Wildman–Crippen MR) is 99.4 cm³/mol. The quantitative estimate of drug-likeness (QED) is 0.797. The molecule has 25 heavy (non-hydrogen) atoms. The molecule has 1 saturated heterocycles. The minimum absolute atomic E-state index is 0.0657. The van der Waals surface area contributed by atoms with Gasteiger partial charge in [0.05, 0.1) is 13.2 Å². The number of fused-ring (bicyclic) bond motifs is 1. The fourth-order valence-corrected chi connectivity index (χ4v) is 3.68. The SMILES string of the molecule is Cc1cc(C2C=C(CN3CCOCC3)N3N=CN=C(N)C23)ccc1N. The van der Waals surface area contributed by atoms with Crippen molar-refractivity contribution in [2.75, 3.05) is 38.6 Å². The molecule has 0 saturated carbocycles. The molecule has 4 rings (SSSR count). The second-order valence-electron chi connectivity index (χ2n) is 6.76. The lowest BCUT2D eigenvalue weighted by Crippen LogP contribution is -2.45. The summed E-state index contributed by atoms with van der Waals surface area (Å²) in [4.78, 5) is 6.63. The van der Waals surface area contributed by atoms with E-state index in [0.717, 1.165) is 44.1 Å². The standard InChI is InChI=1S/C18H24N6O/c1-12-8-13(2-3-16(12)19)15-9-14(10-23-4-6-25-7-5-23)24-17(15)18(20)21-11-22-24/h2-3,8-9,11,15,17H,4-7,10,19H2,1H3,(H2,20,21,22). The highest BCUT2D eigenvalue weighted by Crippen LogP contribution is 2.37. The Balaban J connectivity index is 1.65. The Morgan fingerprint density at radius 1 is 1.24 bits per heavy atom. The van der Waals surface area contributed by atoms with Crippen molar-refractivity contribution in [3.63, 3.8) is 0 Å². The van der Waals surface area contributed by atoms with Gasteiger partial charge in [-0.15, -0.1) is 0 Å². The zero-order valence-electron chi connectivity index (χ0n) is 14.4. The Morgan fingerprint density at radius 2 is 2.04 bits per heavy atom. The van der Waals surface area contributed by atoms with Crippen molar-refractivity contribution in [2.24, 2.45) is 15.8 Å². The molecule has 0 amide bonds. The van der Waals surface area contributed by atoms with Crippen LogP contribution in [0.3, 0.4) is 0 Å². The van der Waals surface area contributed by atoms with Crippen molar-refractivity contribution in [1.82, 2.24) is 9.91 Å². The minimum Gasteiger partial charge on any atom is -0.399 e. The van der Waals surface area contributed by atoms with Crippen molar-refractivity contribution in [3.05, 3.63) is 41.1 Å². The minimum atomic E-state index is -0.0657. The van der Waals surface area contributed by atoms with Crippen LogP contribution in [0.2, 0.25) is 0 Å². The molecule has 3 aliphatic rings. The summed E-state index contributed by atoms with van der Waals surface area (Å²) in [5, 5.41) is 6.52. The average molecular weight is 340 g/mol. The van der Waals surface area contributed by atoms with Gasteiger partial charge in [-0.3, -0.25) is 9.91 Å². The number of benzene rings is 1. The molecular formula is C18H24N6O. The number of nitrogens with zero attached hydrogens (tertiary/aromatic N) is 4. The summed E-state index contributed by atoms with van der Waals surface area (Å²) in [6.45, 7) is 6.31. The summed E-state index contributed by atoms with van der Waals surface area (Å²) in [5.74, 6) is 0.722. The molecule has 132 valence electrons. The fourth-order valence-electron chi connectivity index (χ4n) is 3.68. The van der Waals surface area contributed by atoms with E-state index in [-0.39, 0.29) is 12.0 Å². The lowest BCUT2D eigenvalue weighted by atomic mass is 9.91. The van der Waals surface area contributed by atoms with E-state index in [1.165, 1.54) is 17.6 Å². The summed E-state index contributed by atoms with van der Waals surface area (Å²) in [7, 11) is 0. The molecule has 2 atom stereocenters.